The standard InChI is InChI=1S/C10H17NO4.C9H18N2O3.C9H17NO4.C9H17NO3S.4CH4/c1-7(12)6-8(13)4-2-3-5-9(11)10(14)15;1-7(12)6-11-5-3-2-4-8(10)9(13)14;2*1-7(11)6-14-5-3-2-4-8(10)9(12)13;;;;/h9H,2-6,11H2,1H3,(H,14,15);8,11H,2-6,10H2,1H3,(H,13,14);2*8H,2-6,10H2,1H3,(H,12,13);4*1H4. The number of hydrogen-bond donors (Lipinski definition) is 9. The number of nitrogens with two attached hydrogens (primary N) is 4. The van der Waals surface area contributed by atoms with Crippen LogP contribution in [-0.2, 0) is 47.9 Å². The number of thioether (sulfide) groups is 1. The van der Waals surface area contributed by atoms with Gasteiger partial charge in [-0.1, -0.05) is 49.0 Å². The molecule has 13 N–H and O–H groups in total. The highest BCUT2D eigenvalue weighted by Gasteiger charge is 2.13. The lowest BCUT2D eigenvalue weighted by molar-refractivity contribution is -0.139. The van der Waals surface area contributed by atoms with Gasteiger partial charge in [0.2, 0.25) is 0 Å². The Balaban J connectivity index is -0.000000100. The molecule has 364 valence electrons. The molecule has 0 heterocycles. The quantitative estimate of drug-likeness (QED) is 0.0342. The number of ketones is 5. The number of carbonyl (C=O) groups excluding carboxylic acids is 5. The second kappa shape index (κ2) is 50.7. The first-order chi connectivity index (χ1) is 26.5. The molecule has 0 aliphatic carbocycles. The van der Waals surface area contributed by atoms with Crippen LogP contribution < -0.4 is 28.3 Å². The Hall–Kier alpha value is -3.66. The first kappa shape index (κ1) is 74.8. The molecular weight excluding hydrogens is 819 g/mol. The Kier molecular flexibility index (Phi) is 62.1. The fourth-order valence-corrected chi connectivity index (χ4v) is 4.83. The molecule has 0 radical (unpaired) electrons. The second-order valence-corrected chi connectivity index (χ2v) is 14.4. The summed E-state index contributed by atoms with van der Waals surface area (Å²) < 4.78 is 5.00. The molecule has 0 aromatic heterocycles. The van der Waals surface area contributed by atoms with Gasteiger partial charge in [-0.3, -0.25) is 43.2 Å². The molecule has 19 nitrogen and oxygen atoms in total. The highest BCUT2D eigenvalue weighted by molar-refractivity contribution is 7.99. The summed E-state index contributed by atoms with van der Waals surface area (Å²) in [5, 5.41) is 36.8. The molecule has 0 aliphatic rings. The van der Waals surface area contributed by atoms with Crippen LogP contribution in [0, 0.1) is 0 Å². The van der Waals surface area contributed by atoms with Crippen LogP contribution in [-0.4, -0.2) is 135 Å². The van der Waals surface area contributed by atoms with E-state index in [4.69, 9.17) is 48.1 Å². The zero-order valence-corrected chi connectivity index (χ0v) is 34.9. The number of Topliss-reactive ketones (excluding diaryl/α,β-unsaturated/α-hetero) is 5. The van der Waals surface area contributed by atoms with Gasteiger partial charge in [0.1, 0.15) is 53.9 Å². The number of unbranched alkanes of at least 4 members (excludes halogenated alkanes) is 4. The van der Waals surface area contributed by atoms with Crippen molar-refractivity contribution in [2.75, 3.05) is 37.8 Å². The molecule has 0 rings (SSSR count). The smallest absolute Gasteiger partial charge is 0.320 e. The lowest BCUT2D eigenvalue weighted by Gasteiger charge is -2.05. The van der Waals surface area contributed by atoms with E-state index >= 15 is 0 Å². The molecule has 0 amide bonds. The van der Waals surface area contributed by atoms with Gasteiger partial charge < -0.3 is 53.4 Å². The lowest BCUT2D eigenvalue weighted by atomic mass is 10.1. The summed E-state index contributed by atoms with van der Waals surface area (Å²) in [4.78, 5) is 94.5. The van der Waals surface area contributed by atoms with Crippen LogP contribution in [0.15, 0.2) is 0 Å². The van der Waals surface area contributed by atoms with Crippen LogP contribution in [0.25, 0.3) is 0 Å². The van der Waals surface area contributed by atoms with Crippen LogP contribution >= 0.6 is 11.8 Å². The van der Waals surface area contributed by atoms with Crippen molar-refractivity contribution in [3.8, 4) is 0 Å². The topological polar surface area (TPSA) is 360 Å². The van der Waals surface area contributed by atoms with E-state index in [1.54, 1.807) is 18.7 Å². The Morgan fingerprint density at radius 3 is 1.28 bits per heavy atom. The summed E-state index contributed by atoms with van der Waals surface area (Å²) in [5.41, 5.74) is 21.2. The van der Waals surface area contributed by atoms with Gasteiger partial charge >= 0.3 is 23.9 Å². The molecule has 0 aliphatic heterocycles. The largest absolute Gasteiger partial charge is 0.480 e. The summed E-state index contributed by atoms with van der Waals surface area (Å²) in [6.45, 7) is 7.63. The summed E-state index contributed by atoms with van der Waals surface area (Å²) in [5.74, 6) is -2.41. The van der Waals surface area contributed by atoms with Gasteiger partial charge in [0, 0.05) is 13.0 Å². The third-order valence-electron chi connectivity index (χ3n) is 7.15. The van der Waals surface area contributed by atoms with Gasteiger partial charge in [-0.2, -0.15) is 11.8 Å². The molecule has 0 aromatic carbocycles. The number of ether oxygens (including phenoxy) is 1. The van der Waals surface area contributed by atoms with E-state index in [2.05, 4.69) is 5.32 Å². The Morgan fingerprint density at radius 1 is 0.525 bits per heavy atom. The van der Waals surface area contributed by atoms with Crippen LogP contribution in [0.1, 0.15) is 147 Å². The molecule has 0 aromatic rings. The van der Waals surface area contributed by atoms with Crippen LogP contribution in [0.5, 0.6) is 0 Å². The summed E-state index contributed by atoms with van der Waals surface area (Å²) in [6, 6.07) is -3.15. The van der Waals surface area contributed by atoms with Crippen LogP contribution in [0.4, 0.5) is 0 Å². The second-order valence-electron chi connectivity index (χ2n) is 13.3. The maximum absolute atomic E-state index is 11.1. The fraction of sp³-hybridized carbons (Fsp3) is 0.780. The minimum atomic E-state index is -1.02. The summed E-state index contributed by atoms with van der Waals surface area (Å²) in [7, 11) is 0. The zero-order chi connectivity index (χ0) is 44.8. The number of nitrogens with one attached hydrogen (secondary N) is 1. The average molecular weight is 904 g/mol. The van der Waals surface area contributed by atoms with Crippen molar-refractivity contribution in [1.82, 2.24) is 5.32 Å². The number of aliphatic carboxylic acids is 4. The molecular formula is C41H85N5O14S. The molecule has 0 fully saturated rings. The number of carbonyl (C=O) groups is 9. The Labute approximate surface area is 369 Å². The van der Waals surface area contributed by atoms with E-state index in [0.717, 1.165) is 44.4 Å². The van der Waals surface area contributed by atoms with Crippen molar-refractivity contribution in [1.29, 1.82) is 0 Å². The molecule has 0 saturated heterocycles. The molecule has 4 atom stereocenters. The monoisotopic (exact) mass is 904 g/mol. The van der Waals surface area contributed by atoms with Crippen molar-refractivity contribution in [3.05, 3.63) is 0 Å². The first-order valence-electron chi connectivity index (χ1n) is 18.8. The highest BCUT2D eigenvalue weighted by atomic mass is 32.2. The SMILES string of the molecule is C.C.C.C.CC(=O)CC(=O)CCCCC(N)C(=O)O.CC(=O)CNCCCCC(N)C(=O)O.CC(=O)COCCCCC(N)C(=O)O.CC(=O)CSCCCCC(N)C(=O)O. The van der Waals surface area contributed by atoms with E-state index < -0.39 is 48.0 Å². The predicted molar refractivity (Wildman–Crippen MR) is 243 cm³/mol. The molecule has 0 saturated carbocycles. The summed E-state index contributed by atoms with van der Waals surface area (Å²) >= 11 is 1.58. The van der Waals surface area contributed by atoms with E-state index in [9.17, 15) is 43.2 Å². The number of hydrogen-bond acceptors (Lipinski definition) is 16. The van der Waals surface area contributed by atoms with E-state index in [1.807, 2.05) is 0 Å². The third kappa shape index (κ3) is 65.6. The highest BCUT2D eigenvalue weighted by Crippen LogP contribution is 2.08. The molecule has 4 unspecified atom stereocenters. The van der Waals surface area contributed by atoms with Gasteiger partial charge in [-0.25, -0.2) is 0 Å². The van der Waals surface area contributed by atoms with Crippen molar-refractivity contribution in [3.63, 3.8) is 0 Å². The summed E-state index contributed by atoms with van der Waals surface area (Å²) in [6.07, 6.45) is 8.04. The van der Waals surface area contributed by atoms with Crippen LogP contribution in [0.2, 0.25) is 0 Å². The van der Waals surface area contributed by atoms with Gasteiger partial charge in [0.15, 0.2) is 5.78 Å². The van der Waals surface area contributed by atoms with Gasteiger partial charge in [0.25, 0.3) is 0 Å². The third-order valence-corrected chi connectivity index (χ3v) is 8.33. The maximum atomic E-state index is 11.1. The number of carboxylic acid groups (broad SMARTS) is 4. The molecule has 20 heteroatoms. The number of rotatable bonds is 32. The van der Waals surface area contributed by atoms with Gasteiger partial charge in [-0.15, -0.1) is 0 Å². The Bertz CT molecular complexity index is 1090. The first-order valence-corrected chi connectivity index (χ1v) is 20.0. The molecule has 61 heavy (non-hydrogen) atoms. The lowest BCUT2D eigenvalue weighted by Crippen LogP contribution is -2.30. The normalized spacial score (nSPS) is 11.5. The van der Waals surface area contributed by atoms with E-state index in [1.165, 1.54) is 20.8 Å². The number of carboxylic acids is 4. The van der Waals surface area contributed by atoms with Crippen molar-refractivity contribution in [2.24, 2.45) is 22.9 Å². The average Bonchev–Trinajstić information content (AvgIpc) is 3.10. The fourth-order valence-electron chi connectivity index (χ4n) is 3.99. The van der Waals surface area contributed by atoms with E-state index in [0.29, 0.717) is 70.3 Å². The predicted octanol–water partition coefficient (Wildman–Crippen LogP) is 3.86. The van der Waals surface area contributed by atoms with Gasteiger partial charge in [0.05, 0.1) is 18.7 Å². The molecule has 0 bridgehead atoms. The van der Waals surface area contributed by atoms with Crippen molar-refractivity contribution >= 4 is 64.6 Å². The van der Waals surface area contributed by atoms with Gasteiger partial charge in [-0.05, 0) is 97.8 Å². The Morgan fingerprint density at radius 2 is 0.918 bits per heavy atom. The maximum Gasteiger partial charge on any atom is 0.320 e. The van der Waals surface area contributed by atoms with Crippen molar-refractivity contribution < 1.29 is 68.3 Å². The van der Waals surface area contributed by atoms with Crippen LogP contribution in [0.3, 0.4) is 0 Å². The van der Waals surface area contributed by atoms with Crippen molar-refractivity contribution in [2.45, 2.75) is 171 Å². The minimum absolute atomic E-state index is 0. The van der Waals surface area contributed by atoms with E-state index in [-0.39, 0.29) is 71.7 Å². The minimum Gasteiger partial charge on any atom is -0.480 e. The zero-order valence-electron chi connectivity index (χ0n) is 34.0. The molecule has 0 spiro atoms.